The molecule has 16 heavy (non-hydrogen) atoms. The Hall–Kier alpha value is -2.42. The van der Waals surface area contributed by atoms with Gasteiger partial charge >= 0.3 is 0 Å². The molecule has 0 aliphatic carbocycles. The van der Waals surface area contributed by atoms with Crippen molar-refractivity contribution in [3.05, 3.63) is 36.3 Å². The molecule has 0 saturated carbocycles. The molecule has 6 heteroatoms. The van der Waals surface area contributed by atoms with E-state index in [4.69, 9.17) is 5.26 Å². The topological polar surface area (TPSA) is 79.4 Å². The van der Waals surface area contributed by atoms with E-state index in [-0.39, 0.29) is 0 Å². The predicted molar refractivity (Wildman–Crippen MR) is 57.5 cm³/mol. The lowest BCUT2D eigenvalue weighted by Crippen LogP contribution is -2.11. The fourth-order valence-corrected chi connectivity index (χ4v) is 1.25. The molecule has 1 N–H and O–H groups in total. The lowest BCUT2D eigenvalue weighted by atomic mass is 10.3. The van der Waals surface area contributed by atoms with Crippen molar-refractivity contribution in [1.82, 2.24) is 20.0 Å². The molecule has 0 aromatic carbocycles. The van der Waals surface area contributed by atoms with Crippen molar-refractivity contribution in [3.63, 3.8) is 0 Å². The Bertz CT molecular complexity index is 484. The van der Waals surface area contributed by atoms with E-state index in [9.17, 15) is 0 Å². The van der Waals surface area contributed by atoms with Gasteiger partial charge < -0.3 is 5.32 Å². The summed E-state index contributed by atoms with van der Waals surface area (Å²) in [5.74, 6) is 0.694. The summed E-state index contributed by atoms with van der Waals surface area (Å²) in [6.07, 6.45) is 5.03. The fourth-order valence-electron chi connectivity index (χ4n) is 1.25. The van der Waals surface area contributed by atoms with Crippen LogP contribution in [0.2, 0.25) is 0 Å². The molecule has 2 rings (SSSR count). The number of hydrogen-bond acceptors (Lipinski definition) is 5. The minimum absolute atomic E-state index is 0.596. The first-order valence-electron chi connectivity index (χ1n) is 4.82. The van der Waals surface area contributed by atoms with E-state index in [1.54, 1.807) is 35.4 Å². The first kappa shape index (κ1) is 10.1. The molecule has 0 atom stereocenters. The summed E-state index contributed by atoms with van der Waals surface area (Å²) >= 11 is 0. The minimum Gasteiger partial charge on any atom is -0.368 e. The first-order chi connectivity index (χ1) is 7.88. The van der Waals surface area contributed by atoms with Crippen molar-refractivity contribution in [2.75, 3.05) is 11.9 Å². The van der Waals surface area contributed by atoms with Gasteiger partial charge in [0.2, 0.25) is 0 Å². The molecule has 0 aliphatic rings. The van der Waals surface area contributed by atoms with Crippen molar-refractivity contribution in [2.24, 2.45) is 0 Å². The van der Waals surface area contributed by atoms with E-state index in [0.29, 0.717) is 24.5 Å². The maximum atomic E-state index is 8.71. The maximum Gasteiger partial charge on any atom is 0.127 e. The molecule has 0 bridgehead atoms. The zero-order valence-electron chi connectivity index (χ0n) is 8.54. The summed E-state index contributed by atoms with van der Waals surface area (Å²) < 4.78 is 1.72. The second kappa shape index (κ2) is 4.89. The Kier molecular flexibility index (Phi) is 3.09. The third-order valence-corrected chi connectivity index (χ3v) is 2.01. The van der Waals surface area contributed by atoms with E-state index in [0.717, 1.165) is 0 Å². The summed E-state index contributed by atoms with van der Waals surface area (Å²) in [5, 5.41) is 19.4. The summed E-state index contributed by atoms with van der Waals surface area (Å²) in [4.78, 5) is 4.10. The zero-order chi connectivity index (χ0) is 11.2. The summed E-state index contributed by atoms with van der Waals surface area (Å²) in [7, 11) is 0. The molecule has 2 aromatic rings. The third kappa shape index (κ3) is 2.54. The summed E-state index contributed by atoms with van der Waals surface area (Å²) in [6.45, 7) is 1.39. The van der Waals surface area contributed by atoms with Crippen molar-refractivity contribution < 1.29 is 0 Å². The number of nitriles is 1. The molecule has 0 fully saturated rings. The van der Waals surface area contributed by atoms with Gasteiger partial charge in [0.05, 0.1) is 24.4 Å². The predicted octanol–water partition coefficient (Wildman–Crippen LogP) is 0.657. The number of nitrogens with zero attached hydrogens (tertiary/aromatic N) is 5. The van der Waals surface area contributed by atoms with Crippen molar-refractivity contribution in [1.29, 1.82) is 5.26 Å². The maximum absolute atomic E-state index is 8.71. The van der Waals surface area contributed by atoms with Gasteiger partial charge in [0.15, 0.2) is 0 Å². The SMILES string of the molecule is N#Cc1ccnc(NCCn2ccnn2)c1. The number of nitrogens with one attached hydrogen (secondary N) is 1. The lowest BCUT2D eigenvalue weighted by molar-refractivity contribution is 0.608. The third-order valence-electron chi connectivity index (χ3n) is 2.01. The number of rotatable bonds is 4. The molecule has 0 aliphatic heterocycles. The summed E-state index contributed by atoms with van der Waals surface area (Å²) in [6, 6.07) is 5.44. The smallest absolute Gasteiger partial charge is 0.127 e. The van der Waals surface area contributed by atoms with Crippen LogP contribution in [0.1, 0.15) is 5.56 Å². The molecule has 0 saturated heterocycles. The van der Waals surface area contributed by atoms with Gasteiger partial charge in [0.1, 0.15) is 5.82 Å². The van der Waals surface area contributed by atoms with Gasteiger partial charge in [-0.15, -0.1) is 5.10 Å². The Morgan fingerprint density at radius 2 is 2.38 bits per heavy atom. The van der Waals surface area contributed by atoms with E-state index < -0.39 is 0 Å². The molecular weight excluding hydrogens is 204 g/mol. The largest absolute Gasteiger partial charge is 0.368 e. The van der Waals surface area contributed by atoms with Crippen LogP contribution >= 0.6 is 0 Å². The first-order valence-corrected chi connectivity index (χ1v) is 4.82. The van der Waals surface area contributed by atoms with Crippen molar-refractivity contribution in [3.8, 4) is 6.07 Å². The molecule has 2 heterocycles. The second-order valence-corrected chi connectivity index (χ2v) is 3.13. The lowest BCUT2D eigenvalue weighted by Gasteiger charge is -2.04. The van der Waals surface area contributed by atoms with Gasteiger partial charge in [-0.25, -0.2) is 4.98 Å². The highest BCUT2D eigenvalue weighted by atomic mass is 15.4. The number of aromatic nitrogens is 4. The van der Waals surface area contributed by atoms with Gasteiger partial charge in [0, 0.05) is 18.9 Å². The van der Waals surface area contributed by atoms with Crippen molar-refractivity contribution in [2.45, 2.75) is 6.54 Å². The van der Waals surface area contributed by atoms with Crippen LogP contribution < -0.4 is 5.32 Å². The van der Waals surface area contributed by atoms with Crippen molar-refractivity contribution >= 4 is 5.82 Å². The van der Waals surface area contributed by atoms with Crippen LogP contribution in [0.4, 0.5) is 5.82 Å². The molecule has 0 spiro atoms. The highest BCUT2D eigenvalue weighted by molar-refractivity contribution is 5.42. The minimum atomic E-state index is 0.596. The average molecular weight is 214 g/mol. The van der Waals surface area contributed by atoms with E-state index in [1.165, 1.54) is 0 Å². The van der Waals surface area contributed by atoms with Crippen LogP contribution in [-0.2, 0) is 6.54 Å². The van der Waals surface area contributed by atoms with Gasteiger partial charge in [-0.3, -0.25) is 4.68 Å². The monoisotopic (exact) mass is 214 g/mol. The Balaban J connectivity index is 1.88. The highest BCUT2D eigenvalue weighted by Crippen LogP contribution is 2.04. The molecule has 6 nitrogen and oxygen atoms in total. The Labute approximate surface area is 92.5 Å². The number of pyridine rings is 1. The molecule has 80 valence electrons. The molecule has 2 aromatic heterocycles. The number of anilines is 1. The van der Waals surface area contributed by atoms with Gasteiger partial charge in [-0.1, -0.05) is 5.21 Å². The molecule has 0 amide bonds. The van der Waals surface area contributed by atoms with Crippen LogP contribution in [0.25, 0.3) is 0 Å². The summed E-state index contributed by atoms with van der Waals surface area (Å²) in [5.41, 5.74) is 0.596. The van der Waals surface area contributed by atoms with Crippen LogP contribution in [0, 0.1) is 11.3 Å². The fraction of sp³-hybridized carbons (Fsp3) is 0.200. The average Bonchev–Trinajstić information content (AvgIpc) is 2.82. The Morgan fingerprint density at radius 3 is 3.12 bits per heavy atom. The van der Waals surface area contributed by atoms with E-state index in [1.807, 2.05) is 0 Å². The van der Waals surface area contributed by atoms with Gasteiger partial charge in [-0.05, 0) is 12.1 Å². The Morgan fingerprint density at radius 1 is 1.44 bits per heavy atom. The zero-order valence-corrected chi connectivity index (χ0v) is 8.54. The van der Waals surface area contributed by atoms with Crippen LogP contribution in [0.5, 0.6) is 0 Å². The molecular formula is C10H10N6. The highest BCUT2D eigenvalue weighted by Gasteiger charge is 1.96. The van der Waals surface area contributed by atoms with E-state index >= 15 is 0 Å². The normalized spacial score (nSPS) is 9.69. The molecule has 0 radical (unpaired) electrons. The van der Waals surface area contributed by atoms with Crippen LogP contribution in [-0.4, -0.2) is 26.5 Å². The second-order valence-electron chi connectivity index (χ2n) is 3.13. The molecule has 0 unspecified atom stereocenters. The van der Waals surface area contributed by atoms with E-state index in [2.05, 4.69) is 26.7 Å². The quantitative estimate of drug-likeness (QED) is 0.808. The van der Waals surface area contributed by atoms with Gasteiger partial charge in [-0.2, -0.15) is 5.26 Å². The standard InChI is InChI=1S/C10H10N6/c11-8-9-1-2-12-10(7-9)13-3-5-16-6-4-14-15-16/h1-2,4,6-7H,3,5H2,(H,12,13). The van der Waals surface area contributed by atoms with Crippen LogP contribution in [0.3, 0.4) is 0 Å². The van der Waals surface area contributed by atoms with Crippen LogP contribution in [0.15, 0.2) is 30.7 Å². The number of hydrogen-bond donors (Lipinski definition) is 1. The van der Waals surface area contributed by atoms with Gasteiger partial charge in [0.25, 0.3) is 0 Å².